The topological polar surface area (TPSA) is 55.7 Å². The zero-order valence-electron chi connectivity index (χ0n) is 17.1. The molecular weight excluding hydrogens is 427 g/mol. The lowest BCUT2D eigenvalue weighted by Crippen LogP contribution is -2.51. The second-order valence-electron chi connectivity index (χ2n) is 7.95. The van der Waals surface area contributed by atoms with Crippen LogP contribution in [0.4, 0.5) is 4.39 Å². The van der Waals surface area contributed by atoms with Crippen LogP contribution in [0.2, 0.25) is 0 Å². The van der Waals surface area contributed by atoms with Gasteiger partial charge in [0.05, 0.1) is 17.7 Å². The Morgan fingerprint density at radius 2 is 1.96 bits per heavy atom. The van der Waals surface area contributed by atoms with Crippen LogP contribution < -0.4 is 5.32 Å². The smallest absolute Gasteiger partial charge is 0.214 e. The molecule has 5 nitrogen and oxygen atoms in total. The molecule has 0 fully saturated rings. The molecule has 7 heteroatoms. The number of aliphatic hydroxyl groups excluding tert-OH is 1. The predicted octanol–water partition coefficient (Wildman–Crippen LogP) is 4.52. The van der Waals surface area contributed by atoms with E-state index in [2.05, 4.69) is 21.2 Å². The maximum atomic E-state index is 14.8. The van der Waals surface area contributed by atoms with Crippen molar-refractivity contribution in [3.8, 4) is 0 Å². The molecule has 0 aliphatic carbocycles. The summed E-state index contributed by atoms with van der Waals surface area (Å²) in [5, 5.41) is 13.5. The third-order valence-electron chi connectivity index (χ3n) is 4.29. The molecule has 0 bridgehead atoms. The lowest BCUT2D eigenvalue weighted by Gasteiger charge is -2.37. The quantitative estimate of drug-likeness (QED) is 0.544. The highest BCUT2D eigenvalue weighted by atomic mass is 79.9. The van der Waals surface area contributed by atoms with Crippen LogP contribution in [0.25, 0.3) is 0 Å². The van der Waals surface area contributed by atoms with Gasteiger partial charge in [-0.3, -0.25) is 5.32 Å². The van der Waals surface area contributed by atoms with Gasteiger partial charge in [-0.1, -0.05) is 15.9 Å². The van der Waals surface area contributed by atoms with Gasteiger partial charge in [0, 0.05) is 35.1 Å². The average molecular weight is 457 g/mol. The molecule has 2 unspecified atom stereocenters. The Hall–Kier alpha value is -1.25. The Morgan fingerprint density at radius 3 is 2.61 bits per heavy atom. The van der Waals surface area contributed by atoms with Crippen LogP contribution in [-0.4, -0.2) is 28.3 Å². The second kappa shape index (κ2) is 9.50. The van der Waals surface area contributed by atoms with Crippen molar-refractivity contribution in [1.82, 2.24) is 9.88 Å². The fourth-order valence-electron chi connectivity index (χ4n) is 3.05. The van der Waals surface area contributed by atoms with E-state index in [0.29, 0.717) is 25.3 Å². The number of aliphatic hydroxyl groups is 1. The molecule has 1 heterocycles. The van der Waals surface area contributed by atoms with Crippen LogP contribution in [0.3, 0.4) is 0 Å². The molecule has 2 atom stereocenters. The number of rotatable bonds is 9. The summed E-state index contributed by atoms with van der Waals surface area (Å²) >= 11 is 3.42. The minimum absolute atomic E-state index is 0.361. The minimum atomic E-state index is -1.27. The third kappa shape index (κ3) is 6.39. The van der Waals surface area contributed by atoms with Crippen LogP contribution in [0, 0.1) is 5.82 Å². The summed E-state index contributed by atoms with van der Waals surface area (Å²) in [6.07, 6.45) is 0.649. The zero-order valence-corrected chi connectivity index (χ0v) is 18.7. The largest absolute Gasteiger partial charge is 0.376 e. The Kier molecular flexibility index (Phi) is 7.81. The molecule has 0 radical (unpaired) electrons. The van der Waals surface area contributed by atoms with E-state index in [4.69, 9.17) is 9.47 Å². The van der Waals surface area contributed by atoms with Crippen molar-refractivity contribution >= 4 is 15.9 Å². The summed E-state index contributed by atoms with van der Waals surface area (Å²) in [5.41, 5.74) is -0.110. The molecule has 1 aromatic carbocycles. The number of nitrogens with zero attached hydrogens (tertiary/aromatic N) is 1. The predicted molar refractivity (Wildman–Crippen MR) is 111 cm³/mol. The number of ether oxygens (including phenoxy) is 2. The van der Waals surface area contributed by atoms with E-state index in [0.717, 1.165) is 10.2 Å². The zero-order chi connectivity index (χ0) is 20.9. The van der Waals surface area contributed by atoms with Gasteiger partial charge < -0.3 is 19.1 Å². The van der Waals surface area contributed by atoms with Crippen LogP contribution >= 0.6 is 15.9 Å². The van der Waals surface area contributed by atoms with Gasteiger partial charge in [-0.15, -0.1) is 0 Å². The van der Waals surface area contributed by atoms with Crippen LogP contribution in [0.1, 0.15) is 45.9 Å². The lowest BCUT2D eigenvalue weighted by atomic mass is 9.91. The number of halogens is 2. The van der Waals surface area contributed by atoms with E-state index in [1.807, 2.05) is 57.5 Å². The van der Waals surface area contributed by atoms with E-state index in [9.17, 15) is 9.50 Å². The van der Waals surface area contributed by atoms with Crippen molar-refractivity contribution in [1.29, 1.82) is 0 Å². The van der Waals surface area contributed by atoms with Crippen molar-refractivity contribution in [3.05, 3.63) is 58.1 Å². The average Bonchev–Trinajstić information content (AvgIpc) is 2.99. The Morgan fingerprint density at radius 1 is 1.25 bits per heavy atom. The Bertz CT molecular complexity index is 775. The molecule has 1 aromatic heterocycles. The van der Waals surface area contributed by atoms with E-state index in [1.54, 1.807) is 12.1 Å². The number of hydrogen-bond donors (Lipinski definition) is 2. The molecule has 156 valence electrons. The highest BCUT2D eigenvalue weighted by Crippen LogP contribution is 2.30. The van der Waals surface area contributed by atoms with Crippen molar-refractivity contribution < 1.29 is 19.0 Å². The normalized spacial score (nSPS) is 15.4. The van der Waals surface area contributed by atoms with Gasteiger partial charge >= 0.3 is 0 Å². The van der Waals surface area contributed by atoms with Crippen molar-refractivity contribution in [2.24, 2.45) is 0 Å². The fourth-order valence-corrected chi connectivity index (χ4v) is 3.41. The molecule has 28 heavy (non-hydrogen) atoms. The number of hydrogen-bond acceptors (Lipinski definition) is 4. The van der Waals surface area contributed by atoms with Gasteiger partial charge in [0.15, 0.2) is 0 Å². The van der Waals surface area contributed by atoms with Crippen molar-refractivity contribution in [2.75, 3.05) is 6.61 Å². The molecule has 2 rings (SSSR count). The van der Waals surface area contributed by atoms with Crippen LogP contribution in [0.15, 0.2) is 41.0 Å². The first-order valence-electron chi connectivity index (χ1n) is 9.35. The van der Waals surface area contributed by atoms with Gasteiger partial charge in [-0.2, -0.15) is 0 Å². The van der Waals surface area contributed by atoms with Gasteiger partial charge in [-0.25, -0.2) is 4.39 Å². The Balaban J connectivity index is 2.38. The summed E-state index contributed by atoms with van der Waals surface area (Å²) in [5.74, 6) is -0.361. The van der Waals surface area contributed by atoms with E-state index < -0.39 is 17.6 Å². The molecule has 2 aromatic rings. The molecule has 0 spiro atoms. The first kappa shape index (κ1) is 23.0. The standard InChI is InChI=1S/C21H30BrFN2O3/c1-6-27-13-16-8-7-11-25(16)14-21(5,24-19(26)28-20(2,3)4)17-12-15(22)9-10-18(17)23/h7-12,19,24,26H,6,13-14H2,1-5H3. The van der Waals surface area contributed by atoms with Gasteiger partial charge in [0.25, 0.3) is 0 Å². The van der Waals surface area contributed by atoms with Gasteiger partial charge in [0.1, 0.15) is 5.82 Å². The highest BCUT2D eigenvalue weighted by molar-refractivity contribution is 9.10. The van der Waals surface area contributed by atoms with Crippen molar-refractivity contribution in [2.45, 2.75) is 65.3 Å². The van der Waals surface area contributed by atoms with Crippen LogP contribution in [0.5, 0.6) is 0 Å². The molecular formula is C21H30BrFN2O3. The number of benzene rings is 1. The van der Waals surface area contributed by atoms with E-state index >= 15 is 0 Å². The van der Waals surface area contributed by atoms with Gasteiger partial charge in [-0.05, 0) is 65.0 Å². The first-order chi connectivity index (χ1) is 13.0. The lowest BCUT2D eigenvalue weighted by molar-refractivity contribution is -0.193. The third-order valence-corrected chi connectivity index (χ3v) is 4.79. The second-order valence-corrected chi connectivity index (χ2v) is 8.86. The van der Waals surface area contributed by atoms with E-state index in [-0.39, 0.29) is 5.82 Å². The number of nitrogens with one attached hydrogen (secondary N) is 1. The summed E-state index contributed by atoms with van der Waals surface area (Å²) in [4.78, 5) is 0. The van der Waals surface area contributed by atoms with E-state index in [1.165, 1.54) is 6.07 Å². The molecule has 0 aliphatic rings. The molecule has 0 saturated carbocycles. The monoisotopic (exact) mass is 456 g/mol. The summed E-state index contributed by atoms with van der Waals surface area (Å²) in [7, 11) is 0. The minimum Gasteiger partial charge on any atom is -0.376 e. The summed E-state index contributed by atoms with van der Waals surface area (Å²) in [6, 6.07) is 8.67. The highest BCUT2D eigenvalue weighted by Gasteiger charge is 2.34. The fraction of sp³-hybridized carbons (Fsp3) is 0.524. The molecule has 0 aliphatic heterocycles. The Labute approximate surface area is 175 Å². The molecule has 2 N–H and O–H groups in total. The van der Waals surface area contributed by atoms with Crippen molar-refractivity contribution in [3.63, 3.8) is 0 Å². The summed E-state index contributed by atoms with van der Waals surface area (Å²) < 4.78 is 28.7. The molecule has 0 amide bonds. The molecule has 0 saturated heterocycles. The van der Waals surface area contributed by atoms with Crippen LogP contribution in [-0.2, 0) is 28.2 Å². The maximum absolute atomic E-state index is 14.8. The summed E-state index contributed by atoms with van der Waals surface area (Å²) in [6.45, 7) is 10.8. The van der Waals surface area contributed by atoms with Gasteiger partial charge in [0.2, 0.25) is 6.41 Å². The number of aromatic nitrogens is 1. The first-order valence-corrected chi connectivity index (χ1v) is 10.1. The SMILES string of the molecule is CCOCc1cccn1CC(C)(NC(O)OC(C)(C)C)c1cc(Br)ccc1F. The maximum Gasteiger partial charge on any atom is 0.214 e.